The second-order valence-electron chi connectivity index (χ2n) is 4.19. The summed E-state index contributed by atoms with van der Waals surface area (Å²) in [6.45, 7) is 1.14. The lowest BCUT2D eigenvalue weighted by molar-refractivity contribution is -0.148. The van der Waals surface area contributed by atoms with Gasteiger partial charge >= 0.3 is 0 Å². The molecule has 3 aliphatic heterocycles. The van der Waals surface area contributed by atoms with Gasteiger partial charge in [0.1, 0.15) is 6.04 Å². The molecular formula is C9H11N3O3. The van der Waals surface area contributed by atoms with Crippen LogP contribution in [0, 0.1) is 5.92 Å². The number of fused-ring (bicyclic) bond motifs is 3. The van der Waals surface area contributed by atoms with E-state index >= 15 is 0 Å². The number of hydrazine groups is 1. The molecule has 6 heteroatoms. The number of rotatable bonds is 0. The van der Waals surface area contributed by atoms with Gasteiger partial charge in [-0.15, -0.1) is 0 Å². The molecule has 0 aromatic heterocycles. The van der Waals surface area contributed by atoms with Gasteiger partial charge in [-0.3, -0.25) is 24.3 Å². The van der Waals surface area contributed by atoms with Gasteiger partial charge in [-0.2, -0.15) is 0 Å². The summed E-state index contributed by atoms with van der Waals surface area (Å²) in [7, 11) is 1.48. The SMILES string of the molecule is CN1C(=O)C2CN3CCC(=O)N3C2C1=O. The van der Waals surface area contributed by atoms with Crippen LogP contribution >= 0.6 is 0 Å². The van der Waals surface area contributed by atoms with E-state index in [9.17, 15) is 14.4 Å². The zero-order valence-corrected chi connectivity index (χ0v) is 8.34. The van der Waals surface area contributed by atoms with Crippen LogP contribution in [-0.4, -0.2) is 58.8 Å². The molecule has 2 atom stereocenters. The number of imide groups is 1. The molecule has 0 radical (unpaired) electrons. The first-order valence-electron chi connectivity index (χ1n) is 4.99. The predicted molar refractivity (Wildman–Crippen MR) is 48.1 cm³/mol. The van der Waals surface area contributed by atoms with Crippen LogP contribution in [0.15, 0.2) is 0 Å². The minimum atomic E-state index is -0.558. The maximum absolute atomic E-state index is 11.8. The number of carbonyl (C=O) groups is 3. The standard InChI is InChI=1S/C9H11N3O3/c1-10-8(14)5-4-11-3-2-6(13)12(11)7(5)9(10)15/h5,7H,2-4H2,1H3. The highest BCUT2D eigenvalue weighted by Gasteiger charge is 2.58. The molecule has 0 N–H and O–H groups in total. The van der Waals surface area contributed by atoms with E-state index in [-0.39, 0.29) is 23.6 Å². The highest BCUT2D eigenvalue weighted by molar-refractivity contribution is 6.08. The molecule has 0 aliphatic carbocycles. The smallest absolute Gasteiger partial charge is 0.254 e. The summed E-state index contributed by atoms with van der Waals surface area (Å²) in [5, 5.41) is 3.30. The lowest BCUT2D eigenvalue weighted by Crippen LogP contribution is -2.44. The van der Waals surface area contributed by atoms with E-state index in [1.54, 1.807) is 0 Å². The average Bonchev–Trinajstić information content (AvgIpc) is 2.80. The van der Waals surface area contributed by atoms with Gasteiger partial charge < -0.3 is 0 Å². The van der Waals surface area contributed by atoms with Crippen molar-refractivity contribution in [2.75, 3.05) is 20.1 Å². The van der Waals surface area contributed by atoms with E-state index in [1.807, 2.05) is 5.01 Å². The Kier molecular flexibility index (Phi) is 1.52. The summed E-state index contributed by atoms with van der Waals surface area (Å²) < 4.78 is 0. The van der Waals surface area contributed by atoms with Gasteiger partial charge in [0.25, 0.3) is 5.91 Å². The lowest BCUT2D eigenvalue weighted by atomic mass is 10.0. The molecular weight excluding hydrogens is 198 g/mol. The monoisotopic (exact) mass is 209 g/mol. The average molecular weight is 209 g/mol. The topological polar surface area (TPSA) is 60.9 Å². The van der Waals surface area contributed by atoms with Gasteiger partial charge in [0.15, 0.2) is 0 Å². The van der Waals surface area contributed by atoms with Crippen LogP contribution < -0.4 is 0 Å². The first-order valence-corrected chi connectivity index (χ1v) is 4.99. The Balaban J connectivity index is 2.00. The maximum Gasteiger partial charge on any atom is 0.254 e. The Labute approximate surface area is 86.4 Å². The third kappa shape index (κ3) is 0.897. The van der Waals surface area contributed by atoms with Crippen LogP contribution in [0.2, 0.25) is 0 Å². The number of likely N-dealkylation sites (N-methyl/N-ethyl adjacent to an activating group) is 1. The van der Waals surface area contributed by atoms with Gasteiger partial charge in [-0.05, 0) is 0 Å². The van der Waals surface area contributed by atoms with Gasteiger partial charge in [0, 0.05) is 26.6 Å². The number of amides is 3. The Morgan fingerprint density at radius 2 is 1.93 bits per heavy atom. The largest absolute Gasteiger partial charge is 0.284 e. The number of hydrogen-bond donors (Lipinski definition) is 0. The molecule has 3 rings (SSSR count). The van der Waals surface area contributed by atoms with E-state index in [0.717, 1.165) is 4.90 Å². The molecule has 3 amide bonds. The van der Waals surface area contributed by atoms with Crippen molar-refractivity contribution < 1.29 is 14.4 Å². The number of carbonyl (C=O) groups excluding carboxylic acids is 3. The molecule has 0 aromatic rings. The van der Waals surface area contributed by atoms with Crippen LogP contribution in [0.4, 0.5) is 0 Å². The maximum atomic E-state index is 11.8. The van der Waals surface area contributed by atoms with Crippen LogP contribution in [0.5, 0.6) is 0 Å². The molecule has 0 spiro atoms. The molecule has 0 bridgehead atoms. The summed E-state index contributed by atoms with van der Waals surface area (Å²) >= 11 is 0. The van der Waals surface area contributed by atoms with Crippen LogP contribution in [-0.2, 0) is 14.4 Å². The van der Waals surface area contributed by atoms with Gasteiger partial charge in [0.05, 0.1) is 5.92 Å². The second-order valence-corrected chi connectivity index (χ2v) is 4.19. The van der Waals surface area contributed by atoms with Crippen LogP contribution in [0.25, 0.3) is 0 Å². The molecule has 0 aromatic carbocycles. The molecule has 2 unspecified atom stereocenters. The van der Waals surface area contributed by atoms with Gasteiger partial charge in [0.2, 0.25) is 11.8 Å². The molecule has 3 aliphatic rings. The molecule has 3 saturated heterocycles. The Hall–Kier alpha value is -1.43. The lowest BCUT2D eigenvalue weighted by Gasteiger charge is -2.23. The van der Waals surface area contributed by atoms with Crippen molar-refractivity contribution in [3.05, 3.63) is 0 Å². The molecule has 0 saturated carbocycles. The summed E-state index contributed by atoms with van der Waals surface area (Å²) in [6, 6.07) is -0.558. The summed E-state index contributed by atoms with van der Waals surface area (Å²) in [5.41, 5.74) is 0. The summed E-state index contributed by atoms with van der Waals surface area (Å²) in [5.74, 6) is -0.791. The molecule has 3 heterocycles. The second kappa shape index (κ2) is 2.57. The van der Waals surface area contributed by atoms with Crippen molar-refractivity contribution in [2.45, 2.75) is 12.5 Å². The Morgan fingerprint density at radius 1 is 1.20 bits per heavy atom. The van der Waals surface area contributed by atoms with Gasteiger partial charge in [-0.1, -0.05) is 0 Å². The van der Waals surface area contributed by atoms with Crippen molar-refractivity contribution in [1.29, 1.82) is 0 Å². The summed E-state index contributed by atoms with van der Waals surface area (Å²) in [4.78, 5) is 36.1. The van der Waals surface area contributed by atoms with Crippen molar-refractivity contribution in [1.82, 2.24) is 14.9 Å². The van der Waals surface area contributed by atoms with Crippen molar-refractivity contribution in [3.8, 4) is 0 Å². The van der Waals surface area contributed by atoms with E-state index in [2.05, 4.69) is 0 Å². The quantitative estimate of drug-likeness (QED) is 0.452. The highest BCUT2D eigenvalue weighted by atomic mass is 16.2. The summed E-state index contributed by atoms with van der Waals surface area (Å²) in [6.07, 6.45) is 0.453. The first kappa shape index (κ1) is 8.84. The minimum absolute atomic E-state index is 0.0426. The zero-order chi connectivity index (χ0) is 10.7. The fourth-order valence-corrected chi connectivity index (χ4v) is 2.66. The van der Waals surface area contributed by atoms with E-state index in [0.29, 0.717) is 19.5 Å². The third-order valence-corrected chi connectivity index (χ3v) is 3.43. The first-order chi connectivity index (χ1) is 7.11. The van der Waals surface area contributed by atoms with Crippen LogP contribution in [0.1, 0.15) is 6.42 Å². The van der Waals surface area contributed by atoms with Crippen molar-refractivity contribution in [3.63, 3.8) is 0 Å². The molecule has 3 fully saturated rings. The number of likely N-dealkylation sites (tertiary alicyclic amines) is 1. The zero-order valence-electron chi connectivity index (χ0n) is 8.34. The van der Waals surface area contributed by atoms with E-state index < -0.39 is 6.04 Å². The van der Waals surface area contributed by atoms with Crippen molar-refractivity contribution >= 4 is 17.7 Å². The number of hydrogen-bond acceptors (Lipinski definition) is 4. The fraction of sp³-hybridized carbons (Fsp3) is 0.667. The van der Waals surface area contributed by atoms with E-state index in [1.165, 1.54) is 12.1 Å². The van der Waals surface area contributed by atoms with Crippen LogP contribution in [0.3, 0.4) is 0 Å². The molecule has 15 heavy (non-hydrogen) atoms. The molecule has 80 valence electrons. The number of nitrogens with zero attached hydrogens (tertiary/aromatic N) is 3. The minimum Gasteiger partial charge on any atom is -0.284 e. The normalized spacial score (nSPS) is 35.4. The van der Waals surface area contributed by atoms with Crippen molar-refractivity contribution in [2.24, 2.45) is 5.92 Å². The third-order valence-electron chi connectivity index (χ3n) is 3.43. The van der Waals surface area contributed by atoms with E-state index in [4.69, 9.17) is 0 Å². The van der Waals surface area contributed by atoms with Gasteiger partial charge in [-0.25, -0.2) is 5.01 Å². The molecule has 6 nitrogen and oxygen atoms in total. The fourth-order valence-electron chi connectivity index (χ4n) is 2.66. The Morgan fingerprint density at radius 3 is 2.67 bits per heavy atom. The predicted octanol–water partition coefficient (Wildman–Crippen LogP) is -1.57. The Bertz CT molecular complexity index is 381. The highest BCUT2D eigenvalue weighted by Crippen LogP contribution is 2.35.